The lowest BCUT2D eigenvalue weighted by atomic mass is 10.2. The van der Waals surface area contributed by atoms with Crippen molar-refractivity contribution in [3.05, 3.63) is 26.7 Å². The number of hydrogen-bond donors (Lipinski definition) is 2. The first-order chi connectivity index (χ1) is 7.99. The van der Waals surface area contributed by atoms with Gasteiger partial charge in [0.15, 0.2) is 0 Å². The van der Waals surface area contributed by atoms with Gasteiger partial charge in [-0.05, 0) is 12.1 Å². The van der Waals surface area contributed by atoms with Gasteiger partial charge in [-0.1, -0.05) is 39.1 Å². The van der Waals surface area contributed by atoms with E-state index in [9.17, 15) is 4.79 Å². The number of methoxy groups -OCH3 is 1. The molecule has 1 unspecified atom stereocenters. The van der Waals surface area contributed by atoms with Gasteiger partial charge in [-0.3, -0.25) is 4.79 Å². The van der Waals surface area contributed by atoms with E-state index in [0.717, 1.165) is 4.47 Å². The number of benzene rings is 1. The van der Waals surface area contributed by atoms with Crippen LogP contribution in [0.15, 0.2) is 16.6 Å². The molecule has 3 N–H and O–H groups in total. The van der Waals surface area contributed by atoms with Crippen molar-refractivity contribution in [1.82, 2.24) is 0 Å². The molecule has 0 aromatic heterocycles. The van der Waals surface area contributed by atoms with Crippen LogP contribution in [0.2, 0.25) is 10.0 Å². The van der Waals surface area contributed by atoms with Gasteiger partial charge in [0, 0.05) is 18.1 Å². The van der Waals surface area contributed by atoms with Gasteiger partial charge in [0.05, 0.1) is 15.7 Å². The average molecular weight is 342 g/mol. The van der Waals surface area contributed by atoms with E-state index in [1.165, 1.54) is 7.11 Å². The van der Waals surface area contributed by atoms with E-state index in [1.807, 2.05) is 0 Å². The summed E-state index contributed by atoms with van der Waals surface area (Å²) in [6, 6.07) is 3.26. The zero-order valence-electron chi connectivity index (χ0n) is 8.97. The van der Waals surface area contributed by atoms with Crippen LogP contribution in [0.25, 0.3) is 0 Å². The van der Waals surface area contributed by atoms with Crippen molar-refractivity contribution in [1.29, 1.82) is 0 Å². The molecule has 1 atom stereocenters. The highest BCUT2D eigenvalue weighted by Crippen LogP contribution is 2.33. The third kappa shape index (κ3) is 3.82. The Morgan fingerprint density at radius 1 is 1.53 bits per heavy atom. The van der Waals surface area contributed by atoms with Crippen molar-refractivity contribution in [2.75, 3.05) is 19.0 Å². The molecule has 94 valence electrons. The van der Waals surface area contributed by atoms with E-state index in [0.29, 0.717) is 15.7 Å². The minimum absolute atomic E-state index is 0.0775. The van der Waals surface area contributed by atoms with Crippen molar-refractivity contribution in [3.8, 4) is 0 Å². The fraction of sp³-hybridized carbons (Fsp3) is 0.300. The van der Waals surface area contributed by atoms with Gasteiger partial charge in [-0.2, -0.15) is 0 Å². The molecule has 0 aliphatic carbocycles. The Labute approximate surface area is 118 Å². The minimum Gasteiger partial charge on any atom is -0.370 e. The van der Waals surface area contributed by atoms with Crippen LogP contribution in [0.1, 0.15) is 0 Å². The Morgan fingerprint density at radius 3 is 2.47 bits per heavy atom. The zero-order chi connectivity index (χ0) is 13.0. The molecule has 0 radical (unpaired) electrons. The van der Waals surface area contributed by atoms with Crippen molar-refractivity contribution < 1.29 is 9.53 Å². The number of nitrogens with two attached hydrogens (primary N) is 1. The van der Waals surface area contributed by atoms with Crippen LogP contribution in [0.3, 0.4) is 0 Å². The number of ether oxygens (including phenoxy) is 1. The Kier molecular flexibility index (Phi) is 5.69. The third-order valence-electron chi connectivity index (χ3n) is 2.05. The topological polar surface area (TPSA) is 64.3 Å². The number of anilines is 1. The molecule has 1 aromatic carbocycles. The third-order valence-corrected chi connectivity index (χ3v) is 3.10. The van der Waals surface area contributed by atoms with Crippen LogP contribution in [0, 0.1) is 0 Å². The van der Waals surface area contributed by atoms with Gasteiger partial charge >= 0.3 is 0 Å². The van der Waals surface area contributed by atoms with Gasteiger partial charge in [-0.15, -0.1) is 0 Å². The molecule has 0 saturated heterocycles. The summed E-state index contributed by atoms with van der Waals surface area (Å²) in [6.45, 7) is 0.0775. The van der Waals surface area contributed by atoms with E-state index in [-0.39, 0.29) is 12.5 Å². The summed E-state index contributed by atoms with van der Waals surface area (Å²) in [4.78, 5) is 11.7. The summed E-state index contributed by atoms with van der Waals surface area (Å²) in [5, 5.41) is 3.25. The van der Waals surface area contributed by atoms with Gasteiger partial charge in [0.25, 0.3) is 5.91 Å². The fourth-order valence-corrected chi connectivity index (χ4v) is 2.48. The van der Waals surface area contributed by atoms with Crippen LogP contribution < -0.4 is 11.1 Å². The Hall–Kier alpha value is -0.330. The number of hydrogen-bond acceptors (Lipinski definition) is 3. The number of amides is 1. The quantitative estimate of drug-likeness (QED) is 0.884. The van der Waals surface area contributed by atoms with E-state index in [2.05, 4.69) is 21.2 Å². The van der Waals surface area contributed by atoms with E-state index in [4.69, 9.17) is 33.7 Å². The first kappa shape index (κ1) is 14.7. The predicted molar refractivity (Wildman–Crippen MR) is 72.6 cm³/mol. The number of rotatable bonds is 4. The van der Waals surface area contributed by atoms with Crippen molar-refractivity contribution in [2.45, 2.75) is 6.10 Å². The molecule has 0 heterocycles. The Balaban J connectivity index is 2.92. The van der Waals surface area contributed by atoms with Crippen LogP contribution in [0.4, 0.5) is 5.69 Å². The lowest BCUT2D eigenvalue weighted by Crippen LogP contribution is -2.36. The van der Waals surface area contributed by atoms with Crippen molar-refractivity contribution >= 4 is 50.7 Å². The molecule has 0 saturated carbocycles. The highest BCUT2D eigenvalue weighted by molar-refractivity contribution is 9.10. The summed E-state index contributed by atoms with van der Waals surface area (Å²) >= 11 is 15.2. The summed E-state index contributed by atoms with van der Waals surface area (Å²) in [5.74, 6) is -0.388. The molecule has 1 amide bonds. The highest BCUT2D eigenvalue weighted by Gasteiger charge is 2.18. The molecule has 4 nitrogen and oxygen atoms in total. The van der Waals surface area contributed by atoms with Gasteiger partial charge in [0.2, 0.25) is 0 Å². The molecule has 17 heavy (non-hydrogen) atoms. The first-order valence-electron chi connectivity index (χ1n) is 4.67. The number of halogens is 3. The largest absolute Gasteiger partial charge is 0.370 e. The summed E-state index contributed by atoms with van der Waals surface area (Å²) < 4.78 is 5.63. The highest BCUT2D eigenvalue weighted by atomic mass is 79.9. The summed E-state index contributed by atoms with van der Waals surface area (Å²) in [5.41, 5.74) is 5.72. The fourth-order valence-electron chi connectivity index (χ4n) is 1.18. The van der Waals surface area contributed by atoms with Crippen LogP contribution >= 0.6 is 39.1 Å². The monoisotopic (exact) mass is 340 g/mol. The zero-order valence-corrected chi connectivity index (χ0v) is 12.1. The lowest BCUT2D eigenvalue weighted by molar-refractivity contribution is -0.125. The minimum atomic E-state index is -0.731. The van der Waals surface area contributed by atoms with Crippen LogP contribution in [-0.4, -0.2) is 25.7 Å². The maximum absolute atomic E-state index is 11.7. The molecular weight excluding hydrogens is 331 g/mol. The second-order valence-corrected chi connectivity index (χ2v) is 4.92. The summed E-state index contributed by atoms with van der Waals surface area (Å²) in [6.07, 6.45) is -0.731. The number of carbonyl (C=O) groups is 1. The Bertz CT molecular complexity index is 402. The van der Waals surface area contributed by atoms with Gasteiger partial charge < -0.3 is 15.8 Å². The smallest absolute Gasteiger partial charge is 0.254 e. The van der Waals surface area contributed by atoms with Gasteiger partial charge in [0.1, 0.15) is 6.10 Å². The van der Waals surface area contributed by atoms with Crippen LogP contribution in [0.5, 0.6) is 0 Å². The molecule has 1 aromatic rings. The van der Waals surface area contributed by atoms with E-state index in [1.54, 1.807) is 12.1 Å². The molecule has 0 aliphatic heterocycles. The first-order valence-corrected chi connectivity index (χ1v) is 6.22. The molecular formula is C10H11BrCl2N2O2. The second-order valence-electron chi connectivity index (χ2n) is 3.19. The van der Waals surface area contributed by atoms with E-state index >= 15 is 0 Å². The molecule has 1 rings (SSSR count). The Morgan fingerprint density at radius 2 is 2.06 bits per heavy atom. The maximum atomic E-state index is 11.7. The van der Waals surface area contributed by atoms with Crippen molar-refractivity contribution in [3.63, 3.8) is 0 Å². The maximum Gasteiger partial charge on any atom is 0.254 e. The number of nitrogens with one attached hydrogen (secondary N) is 1. The van der Waals surface area contributed by atoms with E-state index < -0.39 is 6.10 Å². The lowest BCUT2D eigenvalue weighted by Gasteiger charge is -2.15. The second kappa shape index (κ2) is 6.56. The van der Waals surface area contributed by atoms with Crippen molar-refractivity contribution in [2.24, 2.45) is 5.73 Å². The molecule has 7 heteroatoms. The van der Waals surface area contributed by atoms with Gasteiger partial charge in [-0.25, -0.2) is 0 Å². The average Bonchev–Trinajstić information content (AvgIpc) is 2.25. The molecule has 0 fully saturated rings. The standard InChI is InChI=1S/C10H11BrCl2N2O2/c1-17-8(4-14)10(16)15-9-6(12)2-5(11)3-7(9)13/h2-3,8H,4,14H2,1H3,(H,15,16). The van der Waals surface area contributed by atoms with Crippen LogP contribution in [-0.2, 0) is 9.53 Å². The summed E-state index contributed by atoms with van der Waals surface area (Å²) in [7, 11) is 1.40. The predicted octanol–water partition coefficient (Wildman–Crippen LogP) is 2.67. The molecule has 0 bridgehead atoms. The normalized spacial score (nSPS) is 12.3. The SMILES string of the molecule is COC(CN)C(=O)Nc1c(Cl)cc(Br)cc1Cl. The molecule has 0 aliphatic rings. The molecule has 0 spiro atoms. The number of carbonyl (C=O) groups excluding carboxylic acids is 1.